The second kappa shape index (κ2) is 11.4. The lowest BCUT2D eigenvalue weighted by atomic mass is 9.99. The van der Waals surface area contributed by atoms with E-state index >= 15 is 4.57 Å². The van der Waals surface area contributed by atoms with Crippen molar-refractivity contribution in [3.8, 4) is 0 Å². The molecule has 2 aromatic carbocycles. The van der Waals surface area contributed by atoms with Crippen molar-refractivity contribution in [2.75, 3.05) is 0 Å². The molecule has 5 rings (SSSR count). The van der Waals surface area contributed by atoms with Crippen molar-refractivity contribution in [3.05, 3.63) is 60.7 Å². The third kappa shape index (κ3) is 5.00. The van der Waals surface area contributed by atoms with Crippen molar-refractivity contribution in [2.24, 2.45) is 5.92 Å². The highest BCUT2D eigenvalue weighted by atomic mass is 31.2. The Morgan fingerprint density at radius 2 is 1.12 bits per heavy atom. The van der Waals surface area contributed by atoms with Gasteiger partial charge in [0, 0.05) is 16.3 Å². The zero-order valence-electron chi connectivity index (χ0n) is 21.2. The molecular weight excluding hydrogens is 450 g/mol. The van der Waals surface area contributed by atoms with Crippen molar-refractivity contribution in [3.63, 3.8) is 0 Å². The average Bonchev–Trinajstić information content (AvgIpc) is 3.41. The number of hydrogen-bond donors (Lipinski definition) is 0. The molecule has 0 saturated heterocycles. The molecular formula is C31H44OP2. The van der Waals surface area contributed by atoms with E-state index in [0.717, 1.165) is 34.0 Å². The Kier molecular flexibility index (Phi) is 8.34. The van der Waals surface area contributed by atoms with Crippen LogP contribution in [0.5, 0.6) is 0 Å². The summed E-state index contributed by atoms with van der Waals surface area (Å²) >= 11 is 0. The molecule has 3 heteroatoms. The molecule has 2 unspecified atom stereocenters. The van der Waals surface area contributed by atoms with Crippen LogP contribution in [0.3, 0.4) is 0 Å². The predicted molar refractivity (Wildman–Crippen MR) is 151 cm³/mol. The van der Waals surface area contributed by atoms with Crippen molar-refractivity contribution in [1.82, 2.24) is 0 Å². The third-order valence-corrected chi connectivity index (χ3v) is 17.1. The molecule has 0 amide bonds. The minimum absolute atomic E-state index is 0.00192. The van der Waals surface area contributed by atoms with Gasteiger partial charge in [0.25, 0.3) is 0 Å². The van der Waals surface area contributed by atoms with E-state index < -0.39 is 7.14 Å². The van der Waals surface area contributed by atoms with Crippen molar-refractivity contribution in [1.29, 1.82) is 0 Å². The summed E-state index contributed by atoms with van der Waals surface area (Å²) < 4.78 is 15.3. The second-order valence-corrected chi connectivity index (χ2v) is 17.4. The van der Waals surface area contributed by atoms with Crippen LogP contribution < -0.4 is 10.6 Å². The Bertz CT molecular complexity index is 869. The SMILES string of the molecule is C[C@H](C1CCCC1P(=O)(c1ccccc1)c1ccccc1)P(C1CCCCC1)C1CCCCC1. The molecule has 1 nitrogen and oxygen atoms in total. The van der Waals surface area contributed by atoms with Gasteiger partial charge in [-0.1, -0.05) is 120 Å². The van der Waals surface area contributed by atoms with E-state index in [1.807, 2.05) is 0 Å². The van der Waals surface area contributed by atoms with Gasteiger partial charge in [-0.05, 0) is 61.4 Å². The molecule has 0 bridgehead atoms. The van der Waals surface area contributed by atoms with Gasteiger partial charge in [0.15, 0.2) is 0 Å². The standard InChI is InChI=1S/C31H44OP2/c1-25(33(26-15-6-2-7-16-26)27-17-8-3-9-18-27)30-23-14-24-31(30)34(32,28-19-10-4-11-20-28)29-21-12-5-13-22-29/h4-5,10-13,19-22,25-27,30-31H,2-3,6-9,14-18,23-24H2,1H3/t25-,30?,31?/m1/s1. The van der Waals surface area contributed by atoms with Gasteiger partial charge in [0.2, 0.25) is 0 Å². The first kappa shape index (κ1) is 24.8. The lowest BCUT2D eigenvalue weighted by Crippen LogP contribution is -2.36. The minimum Gasteiger partial charge on any atom is -0.313 e. The monoisotopic (exact) mass is 494 g/mol. The molecule has 0 N–H and O–H groups in total. The highest BCUT2D eigenvalue weighted by Gasteiger charge is 2.48. The first-order chi connectivity index (χ1) is 16.7. The Hall–Kier alpha value is -0.900. The first-order valence-corrected chi connectivity index (χ1v) is 17.5. The maximum Gasteiger partial charge on any atom is 0.146 e. The highest BCUT2D eigenvalue weighted by molar-refractivity contribution is 7.79. The van der Waals surface area contributed by atoms with E-state index in [1.54, 1.807) is 0 Å². The highest BCUT2D eigenvalue weighted by Crippen LogP contribution is 2.66. The molecule has 184 valence electrons. The maximum absolute atomic E-state index is 15.3. The third-order valence-electron chi connectivity index (χ3n) is 9.36. The summed E-state index contributed by atoms with van der Waals surface area (Å²) in [6.45, 7) is 2.62. The van der Waals surface area contributed by atoms with Gasteiger partial charge in [-0.25, -0.2) is 0 Å². The van der Waals surface area contributed by atoms with E-state index in [0.29, 0.717) is 11.6 Å². The van der Waals surface area contributed by atoms with E-state index in [1.165, 1.54) is 77.0 Å². The summed E-state index contributed by atoms with van der Waals surface area (Å²) in [5, 5.41) is 2.18. The summed E-state index contributed by atoms with van der Waals surface area (Å²) in [6.07, 6.45) is 18.2. The van der Waals surface area contributed by atoms with Gasteiger partial charge in [-0.3, -0.25) is 0 Å². The Morgan fingerprint density at radius 1 is 0.647 bits per heavy atom. The summed E-state index contributed by atoms with van der Waals surface area (Å²) in [4.78, 5) is 0. The topological polar surface area (TPSA) is 17.1 Å². The van der Waals surface area contributed by atoms with Crippen molar-refractivity contribution in [2.45, 2.75) is 113 Å². The fourth-order valence-corrected chi connectivity index (χ4v) is 16.3. The first-order valence-electron chi connectivity index (χ1n) is 14.2. The number of rotatable bonds is 7. The second-order valence-electron chi connectivity index (χ2n) is 11.3. The molecule has 2 aromatic rings. The summed E-state index contributed by atoms with van der Waals surface area (Å²) in [7, 11) is -2.69. The summed E-state index contributed by atoms with van der Waals surface area (Å²) in [6, 6.07) is 21.1. The molecule has 0 spiro atoms. The molecule has 0 aromatic heterocycles. The quantitative estimate of drug-likeness (QED) is 0.352. The van der Waals surface area contributed by atoms with E-state index in [4.69, 9.17) is 0 Å². The van der Waals surface area contributed by atoms with Crippen LogP contribution in [0.4, 0.5) is 0 Å². The normalized spacial score (nSPS) is 26.1. The number of benzene rings is 2. The van der Waals surface area contributed by atoms with Gasteiger partial charge < -0.3 is 4.57 Å². The van der Waals surface area contributed by atoms with Crippen LogP contribution in [0.15, 0.2) is 60.7 Å². The molecule has 3 aliphatic carbocycles. The van der Waals surface area contributed by atoms with Gasteiger partial charge in [0.1, 0.15) is 7.14 Å². The van der Waals surface area contributed by atoms with Crippen LogP contribution in [0.25, 0.3) is 0 Å². The molecule has 34 heavy (non-hydrogen) atoms. The van der Waals surface area contributed by atoms with Gasteiger partial charge in [-0.15, -0.1) is 0 Å². The van der Waals surface area contributed by atoms with Crippen molar-refractivity contribution < 1.29 is 4.57 Å². The van der Waals surface area contributed by atoms with Crippen LogP contribution in [0.1, 0.15) is 90.4 Å². The van der Waals surface area contributed by atoms with Crippen LogP contribution in [0.2, 0.25) is 0 Å². The van der Waals surface area contributed by atoms with Crippen molar-refractivity contribution >= 4 is 25.7 Å². The zero-order chi connectivity index (χ0) is 23.4. The number of hydrogen-bond acceptors (Lipinski definition) is 1. The van der Waals surface area contributed by atoms with E-state index in [9.17, 15) is 0 Å². The predicted octanol–water partition coefficient (Wildman–Crippen LogP) is 8.71. The fourth-order valence-electron chi connectivity index (χ4n) is 7.76. The summed E-state index contributed by atoms with van der Waals surface area (Å²) in [5.74, 6) is 0.612. The molecule has 3 aliphatic rings. The minimum atomic E-state index is -2.69. The van der Waals surface area contributed by atoms with Gasteiger partial charge in [-0.2, -0.15) is 0 Å². The molecule has 0 radical (unpaired) electrons. The molecule has 3 saturated carbocycles. The lowest BCUT2D eigenvalue weighted by molar-refractivity contribution is 0.463. The van der Waals surface area contributed by atoms with Crippen LogP contribution in [-0.2, 0) is 4.57 Å². The Morgan fingerprint density at radius 3 is 1.59 bits per heavy atom. The van der Waals surface area contributed by atoms with Crippen LogP contribution in [0, 0.1) is 5.92 Å². The van der Waals surface area contributed by atoms with Gasteiger partial charge in [0.05, 0.1) is 0 Å². The Balaban J connectivity index is 1.51. The maximum atomic E-state index is 15.3. The molecule has 0 aliphatic heterocycles. The fraction of sp³-hybridized carbons (Fsp3) is 0.613. The average molecular weight is 495 g/mol. The van der Waals surface area contributed by atoms with Crippen LogP contribution in [-0.4, -0.2) is 22.6 Å². The lowest BCUT2D eigenvalue weighted by Gasteiger charge is -2.45. The summed E-state index contributed by atoms with van der Waals surface area (Å²) in [5.41, 5.74) is 2.99. The molecule has 0 heterocycles. The largest absolute Gasteiger partial charge is 0.313 e. The van der Waals surface area contributed by atoms with Crippen LogP contribution >= 0.6 is 15.1 Å². The zero-order valence-corrected chi connectivity index (χ0v) is 22.9. The Labute approximate surface area is 209 Å². The van der Waals surface area contributed by atoms with E-state index in [-0.39, 0.29) is 7.92 Å². The molecule has 3 atom stereocenters. The molecule has 3 fully saturated rings. The van der Waals surface area contributed by atoms with E-state index in [2.05, 4.69) is 67.6 Å². The smallest absolute Gasteiger partial charge is 0.146 e. The van der Waals surface area contributed by atoms with Gasteiger partial charge >= 0.3 is 0 Å².